The lowest BCUT2D eigenvalue weighted by Crippen LogP contribution is -2.50. The first-order valence-corrected chi connectivity index (χ1v) is 10.4. The molecule has 2 aromatic carbocycles. The number of ether oxygens (including phenoxy) is 1. The van der Waals surface area contributed by atoms with Gasteiger partial charge in [0.25, 0.3) is 0 Å². The van der Waals surface area contributed by atoms with Gasteiger partial charge in [0.2, 0.25) is 0 Å². The van der Waals surface area contributed by atoms with Crippen molar-refractivity contribution in [1.29, 1.82) is 0 Å². The van der Waals surface area contributed by atoms with Gasteiger partial charge in [-0.1, -0.05) is 30.3 Å². The lowest BCUT2D eigenvalue weighted by Gasteiger charge is -2.41. The van der Waals surface area contributed by atoms with E-state index in [-0.39, 0.29) is 18.3 Å². The highest BCUT2D eigenvalue weighted by molar-refractivity contribution is 5.63. The van der Waals surface area contributed by atoms with Gasteiger partial charge in [-0.2, -0.15) is 26.3 Å². The van der Waals surface area contributed by atoms with Gasteiger partial charge in [0.15, 0.2) is 0 Å². The van der Waals surface area contributed by atoms with Crippen molar-refractivity contribution in [2.45, 2.75) is 43.9 Å². The number of hydrogen-bond acceptors (Lipinski definition) is 4. The smallest absolute Gasteiger partial charge is 0.419 e. The van der Waals surface area contributed by atoms with Crippen LogP contribution < -0.4 is 10.9 Å². The Labute approximate surface area is 191 Å². The molecule has 0 spiro atoms. The number of halogens is 6. The number of hydrazine groups is 1. The highest BCUT2D eigenvalue weighted by atomic mass is 19.4. The molecule has 186 valence electrons. The predicted octanol–water partition coefficient (Wildman–Crippen LogP) is 5.18. The summed E-state index contributed by atoms with van der Waals surface area (Å²) in [6.45, 7) is 0.249. The summed E-state index contributed by atoms with van der Waals surface area (Å²) in [5.41, 5.74) is 2.41. The molecule has 2 atom stereocenters. The van der Waals surface area contributed by atoms with E-state index in [1.807, 2.05) is 22.5 Å². The summed E-state index contributed by atoms with van der Waals surface area (Å²) in [7, 11) is 0. The molecule has 0 bridgehead atoms. The number of nitrogens with zero attached hydrogens (tertiary/aromatic N) is 1. The molecule has 0 aliphatic carbocycles. The van der Waals surface area contributed by atoms with E-state index in [0.29, 0.717) is 31.5 Å². The summed E-state index contributed by atoms with van der Waals surface area (Å²) >= 11 is 0. The van der Waals surface area contributed by atoms with Gasteiger partial charge in [-0.15, -0.1) is 0 Å². The van der Waals surface area contributed by atoms with E-state index in [2.05, 4.69) is 5.43 Å². The normalized spacial score (nSPS) is 19.7. The molecule has 0 radical (unpaired) electrons. The van der Waals surface area contributed by atoms with Crippen molar-refractivity contribution in [3.05, 3.63) is 70.8 Å². The zero-order valence-corrected chi connectivity index (χ0v) is 17.8. The Morgan fingerprint density at radius 3 is 2.21 bits per heavy atom. The van der Waals surface area contributed by atoms with E-state index in [1.54, 1.807) is 18.2 Å². The number of nitrogens with one attached hydrogen (secondary N) is 2. The van der Waals surface area contributed by atoms with Crippen LogP contribution in [0.25, 0.3) is 0 Å². The average molecular weight is 491 g/mol. The Hall–Kier alpha value is -2.83. The van der Waals surface area contributed by atoms with Crippen LogP contribution in [0.3, 0.4) is 0 Å². The molecule has 1 heterocycles. The standard InChI is InChI=1S/C22H23F6N3O3/c23-21(24,25)16-9-14(10-17(11-16)22(26,27)28)12-34-18-7-4-8-31(13-29-30-20(32)33)19(18)15-5-2-1-3-6-15/h1-3,5-6,9-11,18-19,29-30H,4,7-8,12-13H2,(H,32,33)/t18-,19-/m0/s1. The third-order valence-electron chi connectivity index (χ3n) is 5.41. The molecule has 0 aromatic heterocycles. The Bertz CT molecular complexity index is 936. The Morgan fingerprint density at radius 2 is 1.65 bits per heavy atom. The summed E-state index contributed by atoms with van der Waals surface area (Å²) < 4.78 is 84.9. The Morgan fingerprint density at radius 1 is 1.03 bits per heavy atom. The Balaban J connectivity index is 1.83. The summed E-state index contributed by atoms with van der Waals surface area (Å²) in [5, 5.41) is 8.77. The number of rotatable bonds is 7. The van der Waals surface area contributed by atoms with Crippen LogP contribution in [0.15, 0.2) is 48.5 Å². The van der Waals surface area contributed by atoms with E-state index < -0.39 is 48.3 Å². The number of piperidine rings is 1. The van der Waals surface area contributed by atoms with E-state index >= 15 is 0 Å². The van der Waals surface area contributed by atoms with Gasteiger partial charge in [-0.25, -0.2) is 10.2 Å². The second kappa shape index (κ2) is 10.6. The summed E-state index contributed by atoms with van der Waals surface area (Å²) in [5.74, 6) is 0. The van der Waals surface area contributed by atoms with Crippen molar-refractivity contribution in [2.75, 3.05) is 13.2 Å². The molecule has 1 amide bonds. The quantitative estimate of drug-likeness (QED) is 0.368. The minimum atomic E-state index is -4.94. The lowest BCUT2D eigenvalue weighted by atomic mass is 9.92. The number of carboxylic acid groups (broad SMARTS) is 1. The number of hydrogen-bond donors (Lipinski definition) is 3. The fraction of sp³-hybridized carbons (Fsp3) is 0.409. The van der Waals surface area contributed by atoms with Gasteiger partial charge in [-0.05, 0) is 42.2 Å². The molecule has 12 heteroatoms. The number of likely N-dealkylation sites (tertiary alicyclic amines) is 1. The van der Waals surface area contributed by atoms with E-state index in [9.17, 15) is 31.1 Å². The molecule has 6 nitrogen and oxygen atoms in total. The van der Waals surface area contributed by atoms with E-state index in [1.165, 1.54) is 0 Å². The van der Waals surface area contributed by atoms with Crippen molar-refractivity contribution in [2.24, 2.45) is 0 Å². The van der Waals surface area contributed by atoms with Gasteiger partial charge < -0.3 is 9.84 Å². The first-order valence-electron chi connectivity index (χ1n) is 10.4. The minimum absolute atomic E-state index is 0.0831. The van der Waals surface area contributed by atoms with Gasteiger partial charge in [0, 0.05) is 6.54 Å². The topological polar surface area (TPSA) is 73.8 Å². The molecule has 1 aliphatic heterocycles. The Kier molecular flexibility index (Phi) is 8.05. The van der Waals surface area contributed by atoms with Gasteiger partial charge in [-0.3, -0.25) is 10.3 Å². The highest BCUT2D eigenvalue weighted by Gasteiger charge is 2.37. The fourth-order valence-electron chi connectivity index (χ4n) is 3.98. The second-order valence-electron chi connectivity index (χ2n) is 7.84. The van der Waals surface area contributed by atoms with Crippen LogP contribution >= 0.6 is 0 Å². The molecular weight excluding hydrogens is 468 g/mol. The molecule has 2 aromatic rings. The zero-order chi connectivity index (χ0) is 24.9. The average Bonchev–Trinajstić information content (AvgIpc) is 2.76. The van der Waals surface area contributed by atoms with Gasteiger partial charge in [0.1, 0.15) is 0 Å². The van der Waals surface area contributed by atoms with Crippen molar-refractivity contribution in [3.63, 3.8) is 0 Å². The number of carbonyl (C=O) groups is 1. The molecule has 1 aliphatic rings. The highest BCUT2D eigenvalue weighted by Crippen LogP contribution is 2.37. The first-order chi connectivity index (χ1) is 15.9. The summed E-state index contributed by atoms with van der Waals surface area (Å²) in [6.07, 6.45) is -10.5. The van der Waals surface area contributed by atoms with Gasteiger partial charge >= 0.3 is 18.4 Å². The van der Waals surface area contributed by atoms with E-state index in [0.717, 1.165) is 5.56 Å². The first kappa shape index (κ1) is 25.8. The molecule has 3 rings (SSSR count). The number of alkyl halides is 6. The molecule has 0 saturated carbocycles. The van der Waals surface area contributed by atoms with Crippen molar-refractivity contribution < 1.29 is 41.0 Å². The maximum atomic E-state index is 13.2. The number of amides is 1. The minimum Gasteiger partial charge on any atom is -0.464 e. The maximum absolute atomic E-state index is 13.2. The van der Waals surface area contributed by atoms with Crippen LogP contribution in [-0.4, -0.2) is 35.4 Å². The van der Waals surface area contributed by atoms with Crippen LogP contribution in [0.1, 0.15) is 41.1 Å². The van der Waals surface area contributed by atoms with Crippen LogP contribution in [-0.2, 0) is 23.7 Å². The second-order valence-corrected chi connectivity index (χ2v) is 7.84. The van der Waals surface area contributed by atoms with Gasteiger partial charge in [0.05, 0.1) is 36.5 Å². The van der Waals surface area contributed by atoms with Crippen molar-refractivity contribution in [3.8, 4) is 0 Å². The number of benzene rings is 2. The molecule has 34 heavy (non-hydrogen) atoms. The molecule has 0 unspecified atom stereocenters. The molecular formula is C22H23F6N3O3. The van der Waals surface area contributed by atoms with Crippen LogP contribution in [0.5, 0.6) is 0 Å². The lowest BCUT2D eigenvalue weighted by molar-refractivity contribution is -0.143. The van der Waals surface area contributed by atoms with Crippen molar-refractivity contribution in [1.82, 2.24) is 15.8 Å². The third-order valence-corrected chi connectivity index (χ3v) is 5.41. The molecule has 1 fully saturated rings. The zero-order valence-electron chi connectivity index (χ0n) is 17.8. The summed E-state index contributed by atoms with van der Waals surface area (Å²) in [6, 6.07) is 10.1. The van der Waals surface area contributed by atoms with E-state index in [4.69, 9.17) is 9.84 Å². The van der Waals surface area contributed by atoms with Crippen LogP contribution in [0.4, 0.5) is 31.1 Å². The largest absolute Gasteiger partial charge is 0.464 e. The monoisotopic (exact) mass is 491 g/mol. The van der Waals surface area contributed by atoms with Crippen molar-refractivity contribution >= 4 is 6.09 Å². The van der Waals surface area contributed by atoms with Crippen LogP contribution in [0.2, 0.25) is 0 Å². The fourth-order valence-corrected chi connectivity index (χ4v) is 3.98. The SMILES string of the molecule is O=C(O)NNCN1CCC[C@H](OCc2cc(C(F)(F)F)cc(C(F)(F)F)c2)[C@@H]1c1ccccc1. The van der Waals surface area contributed by atoms with Crippen LogP contribution in [0, 0.1) is 0 Å². The molecule has 3 N–H and O–H groups in total. The summed E-state index contributed by atoms with van der Waals surface area (Å²) in [4.78, 5) is 12.6. The predicted molar refractivity (Wildman–Crippen MR) is 109 cm³/mol. The maximum Gasteiger partial charge on any atom is 0.419 e. The molecule has 1 saturated heterocycles. The third kappa shape index (κ3) is 6.84.